The summed E-state index contributed by atoms with van der Waals surface area (Å²) in [7, 11) is 0. The molecule has 2 fully saturated rings. The van der Waals surface area contributed by atoms with Crippen LogP contribution < -0.4 is 0 Å². The van der Waals surface area contributed by atoms with Crippen LogP contribution >= 0.6 is 31.9 Å². The first kappa shape index (κ1) is 19.3. The molecule has 0 aromatic heterocycles. The van der Waals surface area contributed by atoms with Crippen LogP contribution in [0.25, 0.3) is 6.08 Å². The molecular formula is C26H22Br2O. The zero-order valence-electron chi connectivity index (χ0n) is 16.0. The van der Waals surface area contributed by atoms with Gasteiger partial charge in [-0.3, -0.25) is 0 Å². The van der Waals surface area contributed by atoms with E-state index in [1.54, 1.807) is 0 Å². The molecule has 3 heteroatoms. The average Bonchev–Trinajstić information content (AvgIpc) is 2.96. The topological polar surface area (TPSA) is 9.23 Å². The van der Waals surface area contributed by atoms with Crippen LogP contribution in [0.1, 0.15) is 35.6 Å². The summed E-state index contributed by atoms with van der Waals surface area (Å²) in [6.07, 6.45) is 7.08. The van der Waals surface area contributed by atoms with Crippen molar-refractivity contribution in [3.8, 4) is 0 Å². The zero-order chi connectivity index (χ0) is 19.9. The highest BCUT2D eigenvalue weighted by atomic mass is 79.9. The minimum absolute atomic E-state index is 0.0325. The minimum Gasteiger partial charge on any atom is -0.372 e. The Bertz CT molecular complexity index is 1030. The van der Waals surface area contributed by atoms with Gasteiger partial charge in [0.1, 0.15) is 0 Å². The summed E-state index contributed by atoms with van der Waals surface area (Å²) in [5.41, 5.74) is 3.88. The third-order valence-electron chi connectivity index (χ3n) is 6.76. The monoisotopic (exact) mass is 508 g/mol. The van der Waals surface area contributed by atoms with Crippen LogP contribution in [-0.4, -0.2) is 6.61 Å². The molecule has 0 N–H and O–H groups in total. The molecule has 1 saturated heterocycles. The largest absolute Gasteiger partial charge is 0.372 e. The van der Waals surface area contributed by atoms with Crippen molar-refractivity contribution in [3.05, 3.63) is 111 Å². The van der Waals surface area contributed by atoms with Crippen LogP contribution in [0.2, 0.25) is 0 Å². The molecule has 0 unspecified atom stereocenters. The Morgan fingerprint density at radius 3 is 2.07 bits per heavy atom. The summed E-state index contributed by atoms with van der Waals surface area (Å²) < 4.78 is 8.76. The van der Waals surface area contributed by atoms with Crippen molar-refractivity contribution < 1.29 is 4.74 Å². The highest BCUT2D eigenvalue weighted by Crippen LogP contribution is 2.69. The fourth-order valence-corrected chi connectivity index (χ4v) is 5.64. The number of benzene rings is 3. The Labute approximate surface area is 189 Å². The number of hydrogen-bond acceptors (Lipinski definition) is 1. The van der Waals surface area contributed by atoms with Crippen LogP contribution in [0.3, 0.4) is 0 Å². The quantitative estimate of drug-likeness (QED) is 0.350. The van der Waals surface area contributed by atoms with Crippen molar-refractivity contribution >= 4 is 37.9 Å². The van der Waals surface area contributed by atoms with E-state index in [1.807, 2.05) is 0 Å². The van der Waals surface area contributed by atoms with Gasteiger partial charge in [0.2, 0.25) is 0 Å². The van der Waals surface area contributed by atoms with Crippen LogP contribution in [0.15, 0.2) is 93.9 Å². The predicted octanol–water partition coefficient (Wildman–Crippen LogP) is 7.71. The Morgan fingerprint density at radius 2 is 1.45 bits per heavy atom. The van der Waals surface area contributed by atoms with Crippen LogP contribution in [0.5, 0.6) is 0 Å². The summed E-state index contributed by atoms with van der Waals surface area (Å²) >= 11 is 7.10. The molecule has 1 saturated carbocycles. The number of hydrogen-bond donors (Lipinski definition) is 0. The highest BCUT2D eigenvalue weighted by Gasteiger charge is 2.67. The lowest BCUT2D eigenvalue weighted by Crippen LogP contribution is -2.53. The molecule has 1 nitrogen and oxygen atoms in total. The molecule has 3 aromatic carbocycles. The lowest BCUT2D eigenvalue weighted by molar-refractivity contribution is 0.0333. The molecule has 0 radical (unpaired) electrons. The van der Waals surface area contributed by atoms with Crippen molar-refractivity contribution in [2.24, 2.45) is 5.41 Å². The first-order chi connectivity index (χ1) is 14.1. The van der Waals surface area contributed by atoms with Gasteiger partial charge in [0.15, 0.2) is 0 Å². The molecule has 0 spiro atoms. The number of ether oxygens (including phenoxy) is 1. The van der Waals surface area contributed by atoms with E-state index in [0.29, 0.717) is 0 Å². The molecule has 1 heterocycles. The summed E-state index contributed by atoms with van der Waals surface area (Å²) in [4.78, 5) is 0. The molecule has 1 aliphatic carbocycles. The Hall–Kier alpha value is -1.68. The smallest absolute Gasteiger partial charge is 0.0925 e. The molecule has 0 bridgehead atoms. The Balaban J connectivity index is 1.60. The van der Waals surface area contributed by atoms with Crippen molar-refractivity contribution in [3.63, 3.8) is 0 Å². The second kappa shape index (κ2) is 7.54. The summed E-state index contributed by atoms with van der Waals surface area (Å²) in [6, 6.07) is 28.1. The van der Waals surface area contributed by atoms with Gasteiger partial charge in [-0.2, -0.15) is 0 Å². The predicted molar refractivity (Wildman–Crippen MR) is 126 cm³/mol. The summed E-state index contributed by atoms with van der Waals surface area (Å²) in [5.74, 6) is 0. The van der Waals surface area contributed by atoms with Gasteiger partial charge in [-0.25, -0.2) is 0 Å². The lowest BCUT2D eigenvalue weighted by Gasteiger charge is -2.55. The second-order valence-corrected chi connectivity index (χ2v) is 9.95. The zero-order valence-corrected chi connectivity index (χ0v) is 19.2. The summed E-state index contributed by atoms with van der Waals surface area (Å²) in [5, 5.41) is 0. The number of rotatable bonds is 4. The fraction of sp³-hybridized carbons (Fsp3) is 0.231. The maximum atomic E-state index is 6.56. The van der Waals surface area contributed by atoms with E-state index in [2.05, 4.69) is 123 Å². The van der Waals surface area contributed by atoms with E-state index in [1.165, 1.54) is 16.7 Å². The van der Waals surface area contributed by atoms with E-state index in [0.717, 1.165) is 28.4 Å². The van der Waals surface area contributed by atoms with Crippen molar-refractivity contribution in [2.75, 3.05) is 6.61 Å². The van der Waals surface area contributed by atoms with Crippen LogP contribution in [-0.2, 0) is 10.2 Å². The molecule has 5 rings (SSSR count). The van der Waals surface area contributed by atoms with Gasteiger partial charge in [0.25, 0.3) is 0 Å². The minimum atomic E-state index is -0.0325. The molecular weight excluding hydrogens is 488 g/mol. The average molecular weight is 510 g/mol. The van der Waals surface area contributed by atoms with E-state index >= 15 is 0 Å². The summed E-state index contributed by atoms with van der Waals surface area (Å²) in [6.45, 7) is 0.766. The van der Waals surface area contributed by atoms with Gasteiger partial charge >= 0.3 is 0 Å². The molecule has 1 aliphatic heterocycles. The van der Waals surface area contributed by atoms with E-state index in [9.17, 15) is 0 Å². The molecule has 3 atom stereocenters. The van der Waals surface area contributed by atoms with Crippen molar-refractivity contribution in [1.29, 1.82) is 0 Å². The Morgan fingerprint density at radius 1 is 0.793 bits per heavy atom. The van der Waals surface area contributed by atoms with Gasteiger partial charge in [0, 0.05) is 19.8 Å². The molecule has 3 aromatic rings. The van der Waals surface area contributed by atoms with Gasteiger partial charge in [0.05, 0.1) is 12.7 Å². The fourth-order valence-electron chi connectivity index (χ4n) is 5.11. The maximum Gasteiger partial charge on any atom is 0.0925 e. The van der Waals surface area contributed by atoms with Crippen LogP contribution in [0, 0.1) is 5.41 Å². The van der Waals surface area contributed by atoms with Gasteiger partial charge < -0.3 is 4.74 Å². The first-order valence-electron chi connectivity index (χ1n) is 10.0. The molecule has 2 aliphatic rings. The van der Waals surface area contributed by atoms with Gasteiger partial charge in [-0.1, -0.05) is 98.6 Å². The molecule has 0 amide bonds. The third-order valence-corrected chi connectivity index (χ3v) is 7.82. The van der Waals surface area contributed by atoms with Gasteiger partial charge in [-0.05, 0) is 53.8 Å². The normalized spacial score (nSPS) is 28.3. The second-order valence-electron chi connectivity index (χ2n) is 8.12. The van der Waals surface area contributed by atoms with E-state index < -0.39 is 0 Å². The van der Waals surface area contributed by atoms with E-state index in [4.69, 9.17) is 4.74 Å². The van der Waals surface area contributed by atoms with E-state index in [-0.39, 0.29) is 16.9 Å². The van der Waals surface area contributed by atoms with Crippen LogP contribution in [0.4, 0.5) is 0 Å². The van der Waals surface area contributed by atoms with Gasteiger partial charge in [-0.15, -0.1) is 0 Å². The SMILES string of the molecule is Brc1ccc(/C=C/[C@@]23CC[C@]2(c2ccccc2)CO[C@@H]3c2ccc(Br)cc2)cc1. The standard InChI is InChI=1S/C26H22Br2O/c27-22-10-6-19(7-11-22)14-15-25-16-17-26(25,21-4-2-1-3-5-21)18-29-24(25)20-8-12-23(28)13-9-20/h1-15,24H,16-18H2/b15-14+/t24-,25+,26-/m1/s1. The maximum absolute atomic E-state index is 6.56. The molecule has 29 heavy (non-hydrogen) atoms. The lowest BCUT2D eigenvalue weighted by atomic mass is 9.46. The first-order valence-corrected chi connectivity index (χ1v) is 11.6. The Kier molecular flexibility index (Phi) is 5.01. The van der Waals surface area contributed by atoms with Crippen molar-refractivity contribution in [1.82, 2.24) is 0 Å². The number of fused-ring (bicyclic) bond motifs is 1. The highest BCUT2D eigenvalue weighted by molar-refractivity contribution is 9.10. The number of halogens is 2. The third kappa shape index (κ3) is 3.15. The van der Waals surface area contributed by atoms with Crippen molar-refractivity contribution in [2.45, 2.75) is 24.4 Å². The molecule has 146 valence electrons.